The van der Waals surface area contributed by atoms with Crippen LogP contribution in [0.5, 0.6) is 5.75 Å². The monoisotopic (exact) mass is 295 g/mol. The molecule has 2 aromatic carbocycles. The Hall–Kier alpha value is -2.01. The summed E-state index contributed by atoms with van der Waals surface area (Å²) in [7, 11) is 0. The van der Waals surface area contributed by atoms with Gasteiger partial charge >= 0.3 is 6.36 Å². The average Bonchev–Trinajstić information content (AvgIpc) is 2.35. The molecule has 21 heavy (non-hydrogen) atoms. The first-order valence-electron chi connectivity index (χ1n) is 6.45. The molecule has 0 spiro atoms. The van der Waals surface area contributed by atoms with Crippen LogP contribution < -0.4 is 10.5 Å². The van der Waals surface area contributed by atoms with Gasteiger partial charge in [-0.3, -0.25) is 0 Å². The lowest BCUT2D eigenvalue weighted by molar-refractivity contribution is -0.274. The summed E-state index contributed by atoms with van der Waals surface area (Å²) in [5, 5.41) is 0. The third-order valence-corrected chi connectivity index (χ3v) is 3.08. The van der Waals surface area contributed by atoms with Gasteiger partial charge in [0.15, 0.2) is 0 Å². The Kier molecular flexibility index (Phi) is 4.23. The van der Waals surface area contributed by atoms with Crippen molar-refractivity contribution in [3.8, 4) is 5.75 Å². The van der Waals surface area contributed by atoms with Crippen molar-refractivity contribution in [2.75, 3.05) is 0 Å². The lowest BCUT2D eigenvalue weighted by atomic mass is 9.96. The van der Waals surface area contributed by atoms with Gasteiger partial charge in [0, 0.05) is 5.56 Å². The molecule has 0 aliphatic carbocycles. The topological polar surface area (TPSA) is 35.2 Å². The van der Waals surface area contributed by atoms with Gasteiger partial charge in [-0.25, -0.2) is 0 Å². The van der Waals surface area contributed by atoms with Gasteiger partial charge in [0.05, 0.1) is 6.04 Å². The lowest BCUT2D eigenvalue weighted by Crippen LogP contribution is -2.20. The highest BCUT2D eigenvalue weighted by Gasteiger charge is 2.32. The highest BCUT2D eigenvalue weighted by molar-refractivity contribution is 5.43. The minimum Gasteiger partial charge on any atom is -0.405 e. The number of nitrogens with two attached hydrogens (primary N) is 1. The number of aryl methyl sites for hydroxylation is 2. The van der Waals surface area contributed by atoms with E-state index in [1.807, 2.05) is 32.0 Å². The predicted molar refractivity (Wildman–Crippen MR) is 75.1 cm³/mol. The van der Waals surface area contributed by atoms with Crippen molar-refractivity contribution in [1.82, 2.24) is 0 Å². The number of para-hydroxylation sites is 1. The van der Waals surface area contributed by atoms with Gasteiger partial charge in [-0.2, -0.15) is 0 Å². The molecule has 0 aromatic heterocycles. The van der Waals surface area contributed by atoms with Gasteiger partial charge in [-0.15, -0.1) is 13.2 Å². The van der Waals surface area contributed by atoms with Crippen LogP contribution in [0.2, 0.25) is 0 Å². The van der Waals surface area contributed by atoms with Crippen LogP contribution in [0.15, 0.2) is 42.5 Å². The first kappa shape index (κ1) is 15.4. The zero-order valence-corrected chi connectivity index (χ0v) is 11.7. The molecular weight excluding hydrogens is 279 g/mol. The first-order valence-corrected chi connectivity index (χ1v) is 6.45. The lowest BCUT2D eigenvalue weighted by Gasteiger charge is -2.19. The second-order valence-electron chi connectivity index (χ2n) is 4.98. The molecule has 2 aromatic rings. The van der Waals surface area contributed by atoms with E-state index in [0.717, 1.165) is 16.7 Å². The summed E-state index contributed by atoms with van der Waals surface area (Å²) in [5.41, 5.74) is 9.21. The number of hydrogen-bond donors (Lipinski definition) is 1. The summed E-state index contributed by atoms with van der Waals surface area (Å²) >= 11 is 0. The summed E-state index contributed by atoms with van der Waals surface area (Å²) in [6.45, 7) is 3.84. The Morgan fingerprint density at radius 1 is 1.00 bits per heavy atom. The maximum atomic E-state index is 12.5. The van der Waals surface area contributed by atoms with Crippen LogP contribution in [0.4, 0.5) is 13.2 Å². The second kappa shape index (κ2) is 5.77. The van der Waals surface area contributed by atoms with Crippen LogP contribution in [0.1, 0.15) is 28.3 Å². The van der Waals surface area contributed by atoms with Crippen molar-refractivity contribution in [2.24, 2.45) is 5.73 Å². The van der Waals surface area contributed by atoms with E-state index in [4.69, 9.17) is 5.73 Å². The van der Waals surface area contributed by atoms with Crippen molar-refractivity contribution in [3.05, 3.63) is 64.7 Å². The van der Waals surface area contributed by atoms with Gasteiger partial charge in [-0.05, 0) is 25.5 Å². The zero-order valence-electron chi connectivity index (χ0n) is 11.7. The number of ether oxygens (including phenoxy) is 1. The Labute approximate surface area is 121 Å². The molecule has 0 radical (unpaired) electrons. The molecule has 0 aliphatic heterocycles. The average molecular weight is 295 g/mol. The number of hydrogen-bond acceptors (Lipinski definition) is 2. The molecule has 0 fully saturated rings. The fraction of sp³-hybridized carbons (Fsp3) is 0.250. The molecule has 0 saturated heterocycles. The van der Waals surface area contributed by atoms with Crippen molar-refractivity contribution in [3.63, 3.8) is 0 Å². The minimum atomic E-state index is -4.74. The number of alkyl halides is 3. The van der Waals surface area contributed by atoms with E-state index in [-0.39, 0.29) is 5.75 Å². The quantitative estimate of drug-likeness (QED) is 0.918. The molecule has 2 N–H and O–H groups in total. The maximum Gasteiger partial charge on any atom is 0.573 e. The fourth-order valence-corrected chi connectivity index (χ4v) is 2.32. The van der Waals surface area contributed by atoms with Crippen LogP contribution in [0.25, 0.3) is 0 Å². The molecule has 0 amide bonds. The molecule has 0 bridgehead atoms. The largest absolute Gasteiger partial charge is 0.573 e. The van der Waals surface area contributed by atoms with Crippen LogP contribution in [0.3, 0.4) is 0 Å². The van der Waals surface area contributed by atoms with Gasteiger partial charge in [0.25, 0.3) is 0 Å². The van der Waals surface area contributed by atoms with E-state index in [0.29, 0.717) is 5.56 Å². The Morgan fingerprint density at radius 2 is 1.57 bits per heavy atom. The summed E-state index contributed by atoms with van der Waals surface area (Å²) in [5.74, 6) is -0.267. The second-order valence-corrected chi connectivity index (χ2v) is 4.98. The van der Waals surface area contributed by atoms with E-state index < -0.39 is 12.4 Å². The molecule has 112 valence electrons. The van der Waals surface area contributed by atoms with Crippen LogP contribution in [-0.2, 0) is 0 Å². The van der Waals surface area contributed by atoms with Crippen molar-refractivity contribution in [2.45, 2.75) is 26.3 Å². The molecule has 0 saturated carbocycles. The Balaban J connectivity index is 2.41. The Morgan fingerprint density at radius 3 is 2.14 bits per heavy atom. The molecule has 0 aliphatic rings. The van der Waals surface area contributed by atoms with Gasteiger partial charge in [0.1, 0.15) is 5.75 Å². The van der Waals surface area contributed by atoms with Crippen LogP contribution in [0, 0.1) is 13.8 Å². The van der Waals surface area contributed by atoms with Gasteiger partial charge in [0.2, 0.25) is 0 Å². The number of halogens is 3. The van der Waals surface area contributed by atoms with Crippen molar-refractivity contribution in [1.29, 1.82) is 0 Å². The summed E-state index contributed by atoms with van der Waals surface area (Å²) in [4.78, 5) is 0. The van der Waals surface area contributed by atoms with Crippen LogP contribution >= 0.6 is 0 Å². The fourth-order valence-electron chi connectivity index (χ4n) is 2.32. The molecule has 1 unspecified atom stereocenters. The van der Waals surface area contributed by atoms with Crippen molar-refractivity contribution < 1.29 is 17.9 Å². The maximum absolute atomic E-state index is 12.5. The molecule has 5 heteroatoms. The van der Waals surface area contributed by atoms with E-state index in [1.54, 1.807) is 12.1 Å². The summed E-state index contributed by atoms with van der Waals surface area (Å²) < 4.78 is 41.4. The summed E-state index contributed by atoms with van der Waals surface area (Å²) in [6, 6.07) is 11.0. The zero-order chi connectivity index (χ0) is 15.6. The number of rotatable bonds is 3. The smallest absolute Gasteiger partial charge is 0.405 e. The molecule has 2 nitrogen and oxygen atoms in total. The first-order chi connectivity index (χ1) is 9.76. The molecular formula is C16H16F3NO. The molecule has 1 atom stereocenters. The standard InChI is InChI=1S/C16H16F3NO/c1-10-7-11(2)9-12(8-10)15(20)13-5-3-4-6-14(13)21-16(17,18)19/h3-9,15H,20H2,1-2H3. The SMILES string of the molecule is Cc1cc(C)cc(C(N)c2ccccc2OC(F)(F)F)c1. The van der Waals surface area contributed by atoms with Crippen LogP contribution in [-0.4, -0.2) is 6.36 Å². The third kappa shape index (κ3) is 3.98. The van der Waals surface area contributed by atoms with E-state index in [9.17, 15) is 13.2 Å². The van der Waals surface area contributed by atoms with Gasteiger partial charge in [-0.1, -0.05) is 47.5 Å². The van der Waals surface area contributed by atoms with E-state index >= 15 is 0 Å². The number of benzene rings is 2. The van der Waals surface area contributed by atoms with Gasteiger partial charge < -0.3 is 10.5 Å². The predicted octanol–water partition coefficient (Wildman–Crippen LogP) is 4.25. The van der Waals surface area contributed by atoms with E-state index in [1.165, 1.54) is 12.1 Å². The van der Waals surface area contributed by atoms with Crippen molar-refractivity contribution >= 4 is 0 Å². The highest BCUT2D eigenvalue weighted by atomic mass is 19.4. The minimum absolute atomic E-state index is 0.267. The summed E-state index contributed by atoms with van der Waals surface area (Å²) in [6.07, 6.45) is -4.74. The normalized spacial score (nSPS) is 13.0. The molecule has 0 heterocycles. The molecule has 2 rings (SSSR count). The Bertz CT molecular complexity index is 617. The third-order valence-electron chi connectivity index (χ3n) is 3.08. The van der Waals surface area contributed by atoms with E-state index in [2.05, 4.69) is 4.74 Å². The highest BCUT2D eigenvalue weighted by Crippen LogP contribution is 2.32.